The largest absolute Gasteiger partial charge is 0.355 e. The average molecular weight is 299 g/mol. The van der Waals surface area contributed by atoms with Gasteiger partial charge in [0.05, 0.1) is 5.25 Å². The number of hydrogen-bond acceptors (Lipinski definition) is 4. The Morgan fingerprint density at radius 2 is 2.05 bits per heavy atom. The monoisotopic (exact) mass is 299 g/mol. The molecular weight excluding hydrogens is 278 g/mol. The number of amides is 4. The van der Waals surface area contributed by atoms with Gasteiger partial charge in [0.1, 0.15) is 5.54 Å². The lowest BCUT2D eigenvalue weighted by molar-refractivity contribution is -0.130. The van der Waals surface area contributed by atoms with Crippen LogP contribution in [0.1, 0.15) is 33.1 Å². The second-order valence-corrected chi connectivity index (χ2v) is 6.97. The average Bonchev–Trinajstić information content (AvgIpc) is 2.54. The molecule has 20 heavy (non-hydrogen) atoms. The van der Waals surface area contributed by atoms with Crippen molar-refractivity contribution < 1.29 is 14.4 Å². The third kappa shape index (κ3) is 3.26. The maximum atomic E-state index is 12.0. The maximum absolute atomic E-state index is 12.0. The van der Waals surface area contributed by atoms with Crippen LogP contribution in [-0.4, -0.2) is 52.4 Å². The molecule has 0 aromatic carbocycles. The SMILES string of the molecule is CC1(C)NC(=O)N(CCS[C@@H]2CCCCNC2=O)C1=O. The predicted molar refractivity (Wildman–Crippen MR) is 77.4 cm³/mol. The van der Waals surface area contributed by atoms with Gasteiger partial charge in [-0.15, -0.1) is 11.8 Å². The molecule has 2 aliphatic rings. The third-order valence-electron chi connectivity index (χ3n) is 3.56. The van der Waals surface area contributed by atoms with E-state index in [0.717, 1.165) is 25.8 Å². The molecule has 112 valence electrons. The zero-order valence-corrected chi connectivity index (χ0v) is 12.7. The highest BCUT2D eigenvalue weighted by atomic mass is 32.2. The standard InChI is InChI=1S/C13H21N3O3S/c1-13(2)11(18)16(12(19)15-13)7-8-20-9-5-3-4-6-14-10(9)17/h9H,3-8H2,1-2H3,(H,14,17)(H,15,19)/t9-/m1/s1. The van der Waals surface area contributed by atoms with E-state index in [1.54, 1.807) is 13.8 Å². The van der Waals surface area contributed by atoms with E-state index in [0.29, 0.717) is 12.3 Å². The molecule has 0 unspecified atom stereocenters. The molecule has 0 bridgehead atoms. The molecule has 2 fully saturated rings. The summed E-state index contributed by atoms with van der Waals surface area (Å²) in [6, 6.07) is -0.342. The molecule has 0 aliphatic carbocycles. The molecule has 1 atom stereocenters. The Hall–Kier alpha value is -1.24. The summed E-state index contributed by atoms with van der Waals surface area (Å²) in [5.74, 6) is 0.464. The number of rotatable bonds is 4. The van der Waals surface area contributed by atoms with E-state index < -0.39 is 5.54 Å². The van der Waals surface area contributed by atoms with E-state index in [1.165, 1.54) is 16.7 Å². The minimum atomic E-state index is -0.818. The Morgan fingerprint density at radius 1 is 1.30 bits per heavy atom. The summed E-state index contributed by atoms with van der Waals surface area (Å²) in [5.41, 5.74) is -0.818. The predicted octanol–water partition coefficient (Wildman–Crippen LogP) is 0.719. The van der Waals surface area contributed by atoms with E-state index >= 15 is 0 Å². The Morgan fingerprint density at radius 3 is 2.70 bits per heavy atom. The Balaban J connectivity index is 1.82. The van der Waals surface area contributed by atoms with Gasteiger partial charge in [-0.1, -0.05) is 6.42 Å². The quantitative estimate of drug-likeness (QED) is 0.750. The fourth-order valence-corrected chi connectivity index (χ4v) is 3.52. The van der Waals surface area contributed by atoms with Crippen LogP contribution in [0.25, 0.3) is 0 Å². The minimum Gasteiger partial charge on any atom is -0.355 e. The molecule has 7 heteroatoms. The summed E-state index contributed by atoms with van der Waals surface area (Å²) >= 11 is 1.52. The molecule has 0 aromatic rings. The number of urea groups is 1. The van der Waals surface area contributed by atoms with Crippen molar-refractivity contribution in [1.29, 1.82) is 0 Å². The number of carbonyl (C=O) groups is 3. The summed E-state index contributed by atoms with van der Waals surface area (Å²) in [4.78, 5) is 36.7. The lowest BCUT2D eigenvalue weighted by atomic mass is 10.1. The number of thioether (sulfide) groups is 1. The summed E-state index contributed by atoms with van der Waals surface area (Å²) in [5, 5.41) is 5.47. The topological polar surface area (TPSA) is 78.5 Å². The van der Waals surface area contributed by atoms with Gasteiger partial charge < -0.3 is 10.6 Å². The molecule has 0 saturated carbocycles. The number of nitrogens with zero attached hydrogens (tertiary/aromatic N) is 1. The fourth-order valence-electron chi connectivity index (χ4n) is 2.38. The van der Waals surface area contributed by atoms with Crippen molar-refractivity contribution in [3.05, 3.63) is 0 Å². The highest BCUT2D eigenvalue weighted by Crippen LogP contribution is 2.22. The van der Waals surface area contributed by atoms with Crippen LogP contribution in [0, 0.1) is 0 Å². The number of imide groups is 1. The highest BCUT2D eigenvalue weighted by molar-refractivity contribution is 8.00. The molecule has 0 radical (unpaired) electrons. The Kier molecular flexibility index (Phi) is 4.57. The highest BCUT2D eigenvalue weighted by Gasteiger charge is 2.43. The van der Waals surface area contributed by atoms with E-state index in [-0.39, 0.29) is 23.1 Å². The molecule has 0 spiro atoms. The minimum absolute atomic E-state index is 0.0636. The molecule has 0 aromatic heterocycles. The molecule has 6 nitrogen and oxygen atoms in total. The van der Waals surface area contributed by atoms with Crippen LogP contribution in [0.4, 0.5) is 4.79 Å². The molecule has 2 N–H and O–H groups in total. The lowest BCUT2D eigenvalue weighted by Crippen LogP contribution is -2.40. The first-order valence-electron chi connectivity index (χ1n) is 6.95. The van der Waals surface area contributed by atoms with Gasteiger partial charge in [-0.2, -0.15) is 0 Å². The van der Waals surface area contributed by atoms with Gasteiger partial charge in [0.25, 0.3) is 5.91 Å². The van der Waals surface area contributed by atoms with Gasteiger partial charge in [-0.05, 0) is 26.7 Å². The summed E-state index contributed by atoms with van der Waals surface area (Å²) < 4.78 is 0. The number of nitrogens with one attached hydrogen (secondary N) is 2. The van der Waals surface area contributed by atoms with Crippen LogP contribution in [0.5, 0.6) is 0 Å². The van der Waals surface area contributed by atoms with Crippen LogP contribution in [0.3, 0.4) is 0 Å². The van der Waals surface area contributed by atoms with E-state index in [1.807, 2.05) is 0 Å². The second-order valence-electron chi connectivity index (χ2n) is 5.66. The van der Waals surface area contributed by atoms with Crippen molar-refractivity contribution in [1.82, 2.24) is 15.5 Å². The maximum Gasteiger partial charge on any atom is 0.325 e. The lowest BCUT2D eigenvalue weighted by Gasteiger charge is -2.17. The van der Waals surface area contributed by atoms with Crippen LogP contribution in [0.2, 0.25) is 0 Å². The summed E-state index contributed by atoms with van der Waals surface area (Å²) in [6.07, 6.45) is 2.92. The van der Waals surface area contributed by atoms with Gasteiger partial charge in [-0.25, -0.2) is 4.79 Å². The van der Waals surface area contributed by atoms with Gasteiger partial charge in [0.2, 0.25) is 5.91 Å². The van der Waals surface area contributed by atoms with Crippen LogP contribution in [-0.2, 0) is 9.59 Å². The number of carbonyl (C=O) groups excluding carboxylic acids is 3. The van der Waals surface area contributed by atoms with Gasteiger partial charge in [0, 0.05) is 18.8 Å². The smallest absolute Gasteiger partial charge is 0.325 e. The molecule has 4 amide bonds. The normalized spacial score (nSPS) is 26.2. The Labute approximate surface area is 123 Å². The van der Waals surface area contributed by atoms with Gasteiger partial charge in [0.15, 0.2) is 0 Å². The first-order valence-corrected chi connectivity index (χ1v) is 8.00. The molecule has 2 aliphatic heterocycles. The van der Waals surface area contributed by atoms with Crippen molar-refractivity contribution in [3.63, 3.8) is 0 Å². The van der Waals surface area contributed by atoms with Crippen LogP contribution in [0.15, 0.2) is 0 Å². The number of hydrogen-bond donors (Lipinski definition) is 2. The zero-order valence-electron chi connectivity index (χ0n) is 11.9. The molecule has 2 saturated heterocycles. The van der Waals surface area contributed by atoms with Gasteiger partial charge in [-0.3, -0.25) is 14.5 Å². The van der Waals surface area contributed by atoms with Crippen molar-refractivity contribution in [2.24, 2.45) is 0 Å². The van der Waals surface area contributed by atoms with Crippen molar-refractivity contribution in [3.8, 4) is 0 Å². The van der Waals surface area contributed by atoms with E-state index in [9.17, 15) is 14.4 Å². The fraction of sp³-hybridized carbons (Fsp3) is 0.769. The van der Waals surface area contributed by atoms with Crippen molar-refractivity contribution in [2.45, 2.75) is 43.9 Å². The first kappa shape index (κ1) is 15.2. The summed E-state index contributed by atoms with van der Waals surface area (Å²) in [6.45, 7) is 4.48. The van der Waals surface area contributed by atoms with Crippen LogP contribution < -0.4 is 10.6 Å². The first-order chi connectivity index (χ1) is 9.42. The van der Waals surface area contributed by atoms with Crippen molar-refractivity contribution in [2.75, 3.05) is 18.8 Å². The van der Waals surface area contributed by atoms with E-state index in [2.05, 4.69) is 10.6 Å². The van der Waals surface area contributed by atoms with Crippen molar-refractivity contribution >= 4 is 29.6 Å². The third-order valence-corrected chi connectivity index (χ3v) is 4.83. The zero-order chi connectivity index (χ0) is 14.8. The molecular formula is C13H21N3O3S. The molecule has 2 heterocycles. The van der Waals surface area contributed by atoms with E-state index in [4.69, 9.17) is 0 Å². The Bertz CT molecular complexity index is 425. The van der Waals surface area contributed by atoms with Crippen LogP contribution >= 0.6 is 11.8 Å². The van der Waals surface area contributed by atoms with Gasteiger partial charge >= 0.3 is 6.03 Å². The molecule has 2 rings (SSSR count). The second kappa shape index (κ2) is 6.03. The summed E-state index contributed by atoms with van der Waals surface area (Å²) in [7, 11) is 0.